The van der Waals surface area contributed by atoms with Gasteiger partial charge in [0.25, 0.3) is 0 Å². The maximum absolute atomic E-state index is 11.8. The van der Waals surface area contributed by atoms with E-state index in [-0.39, 0.29) is 12.5 Å². The number of carbonyl (C=O) groups is 1. The minimum Gasteiger partial charge on any atom is -0.466 e. The predicted molar refractivity (Wildman–Crippen MR) is 86.2 cm³/mol. The molecule has 1 aromatic carbocycles. The third-order valence-electron chi connectivity index (χ3n) is 3.21. The van der Waals surface area contributed by atoms with Gasteiger partial charge in [-0.25, -0.2) is 0 Å². The van der Waals surface area contributed by atoms with Crippen LogP contribution in [0.5, 0.6) is 0 Å². The molecule has 1 amide bonds. The lowest BCUT2D eigenvalue weighted by Crippen LogP contribution is -2.28. The van der Waals surface area contributed by atoms with Gasteiger partial charge in [-0.05, 0) is 31.2 Å². The molecular formula is C16H17Cl2NO3. The van der Waals surface area contributed by atoms with Gasteiger partial charge in [0.05, 0.1) is 6.10 Å². The molecule has 0 bridgehead atoms. The molecule has 4 nitrogen and oxygen atoms in total. The van der Waals surface area contributed by atoms with Gasteiger partial charge in [-0.15, -0.1) is 0 Å². The maximum atomic E-state index is 11.8. The van der Waals surface area contributed by atoms with E-state index in [1.54, 1.807) is 18.2 Å². The molecule has 0 saturated heterocycles. The van der Waals surface area contributed by atoms with Crippen LogP contribution in [0.25, 0.3) is 0 Å². The molecule has 0 aliphatic carbocycles. The number of aliphatic hydroxyl groups is 1. The summed E-state index contributed by atoms with van der Waals surface area (Å²) in [7, 11) is 0. The second-order valence-corrected chi connectivity index (χ2v) is 5.84. The van der Waals surface area contributed by atoms with Crippen molar-refractivity contribution in [2.24, 2.45) is 0 Å². The van der Waals surface area contributed by atoms with Crippen LogP contribution in [0.3, 0.4) is 0 Å². The third-order valence-corrected chi connectivity index (χ3v) is 3.77. The quantitative estimate of drug-likeness (QED) is 0.842. The third kappa shape index (κ3) is 4.77. The van der Waals surface area contributed by atoms with Crippen LogP contribution in [0.1, 0.15) is 29.6 Å². The Kier molecular flexibility index (Phi) is 5.89. The zero-order valence-electron chi connectivity index (χ0n) is 12.1. The Hall–Kier alpha value is -1.49. The van der Waals surface area contributed by atoms with Gasteiger partial charge in [0.1, 0.15) is 11.5 Å². The molecule has 2 N–H and O–H groups in total. The lowest BCUT2D eigenvalue weighted by atomic mass is 10.1. The van der Waals surface area contributed by atoms with Crippen LogP contribution in [-0.4, -0.2) is 17.6 Å². The fourth-order valence-corrected chi connectivity index (χ4v) is 2.57. The largest absolute Gasteiger partial charge is 0.466 e. The van der Waals surface area contributed by atoms with E-state index in [9.17, 15) is 9.90 Å². The van der Waals surface area contributed by atoms with Gasteiger partial charge >= 0.3 is 0 Å². The highest BCUT2D eigenvalue weighted by Crippen LogP contribution is 2.25. The van der Waals surface area contributed by atoms with Crippen LogP contribution >= 0.6 is 23.2 Å². The summed E-state index contributed by atoms with van der Waals surface area (Å²) in [5.74, 6) is 1.44. The molecule has 1 unspecified atom stereocenters. The molecule has 0 spiro atoms. The molecule has 0 fully saturated rings. The zero-order chi connectivity index (χ0) is 16.1. The fraction of sp³-hybridized carbons (Fsp3) is 0.312. The topological polar surface area (TPSA) is 62.5 Å². The van der Waals surface area contributed by atoms with E-state index in [2.05, 4.69) is 5.32 Å². The van der Waals surface area contributed by atoms with Crippen molar-refractivity contribution in [1.82, 2.24) is 5.32 Å². The number of benzene rings is 1. The smallest absolute Gasteiger partial charge is 0.220 e. The lowest BCUT2D eigenvalue weighted by Gasteiger charge is -2.14. The van der Waals surface area contributed by atoms with Crippen LogP contribution in [0.2, 0.25) is 10.0 Å². The van der Waals surface area contributed by atoms with Crippen LogP contribution in [0.4, 0.5) is 0 Å². The Balaban J connectivity index is 1.80. The van der Waals surface area contributed by atoms with Crippen molar-refractivity contribution >= 4 is 29.1 Å². The van der Waals surface area contributed by atoms with Gasteiger partial charge in [0.2, 0.25) is 5.91 Å². The standard InChI is InChI=1S/C16H17Cl2NO3/c1-10-2-4-12(22-10)5-7-16(21)19-9-15(20)13-6-3-11(17)8-14(13)18/h2-4,6,8,15,20H,5,7,9H2,1H3,(H,19,21). The SMILES string of the molecule is Cc1ccc(CCC(=O)NCC(O)c2ccc(Cl)cc2Cl)o1. The monoisotopic (exact) mass is 341 g/mol. The first-order valence-corrected chi connectivity index (χ1v) is 7.66. The van der Waals surface area contributed by atoms with Gasteiger partial charge in [0, 0.05) is 35.0 Å². The van der Waals surface area contributed by atoms with Crippen molar-refractivity contribution in [3.05, 3.63) is 57.5 Å². The van der Waals surface area contributed by atoms with E-state index in [1.807, 2.05) is 19.1 Å². The average molecular weight is 342 g/mol. The molecule has 2 aromatic rings. The Morgan fingerprint density at radius 2 is 2.09 bits per heavy atom. The molecule has 6 heteroatoms. The number of aliphatic hydroxyl groups excluding tert-OH is 1. The molecule has 118 valence electrons. The summed E-state index contributed by atoms with van der Waals surface area (Å²) in [5, 5.41) is 13.6. The molecule has 1 atom stereocenters. The minimum absolute atomic E-state index is 0.0946. The summed E-state index contributed by atoms with van der Waals surface area (Å²) in [4.78, 5) is 11.8. The summed E-state index contributed by atoms with van der Waals surface area (Å²) in [5.41, 5.74) is 0.535. The molecule has 0 aliphatic heterocycles. The first kappa shape index (κ1) is 16.9. The fourth-order valence-electron chi connectivity index (χ4n) is 2.04. The van der Waals surface area contributed by atoms with Gasteiger partial charge in [-0.3, -0.25) is 4.79 Å². The van der Waals surface area contributed by atoms with Crippen LogP contribution < -0.4 is 5.32 Å². The lowest BCUT2D eigenvalue weighted by molar-refractivity contribution is -0.121. The van der Waals surface area contributed by atoms with E-state index in [0.717, 1.165) is 11.5 Å². The Morgan fingerprint density at radius 1 is 1.32 bits per heavy atom. The predicted octanol–water partition coefficient (Wildman–Crippen LogP) is 3.68. The maximum Gasteiger partial charge on any atom is 0.220 e. The van der Waals surface area contributed by atoms with Crippen molar-refractivity contribution in [3.63, 3.8) is 0 Å². The van der Waals surface area contributed by atoms with Crippen LogP contribution in [0, 0.1) is 6.92 Å². The highest BCUT2D eigenvalue weighted by molar-refractivity contribution is 6.35. The molecule has 0 saturated carbocycles. The van der Waals surface area contributed by atoms with Crippen molar-refractivity contribution in [2.75, 3.05) is 6.54 Å². The molecule has 22 heavy (non-hydrogen) atoms. The van der Waals surface area contributed by atoms with E-state index in [1.165, 1.54) is 0 Å². The number of aryl methyl sites for hydroxylation is 2. The van der Waals surface area contributed by atoms with Crippen molar-refractivity contribution in [1.29, 1.82) is 0 Å². The number of rotatable bonds is 6. The highest BCUT2D eigenvalue weighted by Gasteiger charge is 2.13. The zero-order valence-corrected chi connectivity index (χ0v) is 13.6. The number of furan rings is 1. The van der Waals surface area contributed by atoms with E-state index < -0.39 is 6.10 Å². The molecule has 0 radical (unpaired) electrons. The van der Waals surface area contributed by atoms with E-state index in [0.29, 0.717) is 28.5 Å². The number of amides is 1. The molecular weight excluding hydrogens is 325 g/mol. The Morgan fingerprint density at radius 3 is 2.73 bits per heavy atom. The van der Waals surface area contributed by atoms with Crippen LogP contribution in [0.15, 0.2) is 34.7 Å². The number of hydrogen-bond acceptors (Lipinski definition) is 3. The average Bonchev–Trinajstić information content (AvgIpc) is 2.88. The summed E-state index contributed by atoms with van der Waals surface area (Å²) < 4.78 is 5.40. The minimum atomic E-state index is -0.875. The summed E-state index contributed by atoms with van der Waals surface area (Å²) in [6.07, 6.45) is -0.0505. The number of carbonyl (C=O) groups excluding carboxylic acids is 1. The van der Waals surface area contributed by atoms with Gasteiger partial charge in [-0.1, -0.05) is 29.3 Å². The summed E-state index contributed by atoms with van der Waals surface area (Å²) in [6.45, 7) is 1.95. The number of nitrogens with one attached hydrogen (secondary N) is 1. The normalized spacial score (nSPS) is 12.2. The van der Waals surface area contributed by atoms with Gasteiger partial charge in [-0.2, -0.15) is 0 Å². The Bertz CT molecular complexity index is 655. The number of halogens is 2. The highest BCUT2D eigenvalue weighted by atomic mass is 35.5. The van der Waals surface area contributed by atoms with Crippen molar-refractivity contribution in [2.45, 2.75) is 25.9 Å². The molecule has 1 aromatic heterocycles. The molecule has 0 aliphatic rings. The van der Waals surface area contributed by atoms with Crippen molar-refractivity contribution < 1.29 is 14.3 Å². The van der Waals surface area contributed by atoms with Crippen molar-refractivity contribution in [3.8, 4) is 0 Å². The molecule has 2 rings (SSSR count). The van der Waals surface area contributed by atoms with E-state index in [4.69, 9.17) is 27.6 Å². The molecule has 1 heterocycles. The summed E-state index contributed by atoms with van der Waals surface area (Å²) >= 11 is 11.8. The first-order valence-electron chi connectivity index (χ1n) is 6.90. The summed E-state index contributed by atoms with van der Waals surface area (Å²) in [6, 6.07) is 8.56. The number of hydrogen-bond donors (Lipinski definition) is 2. The first-order chi connectivity index (χ1) is 10.5. The van der Waals surface area contributed by atoms with Gasteiger partial charge in [0.15, 0.2) is 0 Å². The van der Waals surface area contributed by atoms with Gasteiger partial charge < -0.3 is 14.8 Å². The second-order valence-electron chi connectivity index (χ2n) is 5.00. The van der Waals surface area contributed by atoms with E-state index >= 15 is 0 Å². The Labute approximate surface area is 139 Å². The second kappa shape index (κ2) is 7.68. The van der Waals surface area contributed by atoms with Crippen LogP contribution in [-0.2, 0) is 11.2 Å².